The SMILES string of the molecule is CC(=O)[C@H]1CC[C@H]2[C@@H]3CCC4=CC(=O)CC[C@]4(C)[C@H]3[C@H](OC(=O)CCC(=O)NCCc3ccc(OC(=O)c4c5ccccc5nc5ccccc45)cc3)C[C@]12C. The molecule has 290 valence electrons. The van der Waals surface area contributed by atoms with Gasteiger partial charge in [0.05, 0.1) is 23.0 Å². The van der Waals surface area contributed by atoms with Gasteiger partial charge in [0.1, 0.15) is 17.6 Å². The van der Waals surface area contributed by atoms with Crippen LogP contribution in [-0.4, -0.2) is 47.0 Å². The largest absolute Gasteiger partial charge is 0.462 e. The van der Waals surface area contributed by atoms with Crippen LogP contribution in [0.1, 0.15) is 94.5 Å². The van der Waals surface area contributed by atoms with Crippen LogP contribution in [0.5, 0.6) is 5.75 Å². The van der Waals surface area contributed by atoms with Gasteiger partial charge in [-0.3, -0.25) is 19.2 Å². The molecule has 56 heavy (non-hydrogen) atoms. The summed E-state index contributed by atoms with van der Waals surface area (Å²) in [5.74, 6) is 0.463. The third-order valence-corrected chi connectivity index (χ3v) is 13.9. The number of nitrogens with one attached hydrogen (secondary N) is 1. The molecular formula is C47H50N2O7. The molecule has 0 unspecified atom stereocenters. The first-order valence-corrected chi connectivity index (χ1v) is 20.2. The summed E-state index contributed by atoms with van der Waals surface area (Å²) in [6.45, 7) is 6.56. The highest BCUT2D eigenvalue weighted by Gasteiger charge is 2.63. The lowest BCUT2D eigenvalue weighted by molar-refractivity contribution is -0.178. The van der Waals surface area contributed by atoms with Gasteiger partial charge in [-0.05, 0) is 110 Å². The smallest absolute Gasteiger partial charge is 0.344 e. The summed E-state index contributed by atoms with van der Waals surface area (Å²) in [5.41, 5.74) is 3.59. The summed E-state index contributed by atoms with van der Waals surface area (Å²) in [7, 11) is 0. The predicted octanol–water partition coefficient (Wildman–Crippen LogP) is 8.30. The van der Waals surface area contributed by atoms with Crippen molar-refractivity contribution in [1.82, 2.24) is 10.3 Å². The number of allylic oxidation sites excluding steroid dienone is 1. The molecule has 8 rings (SSSR count). The molecule has 4 aliphatic rings. The molecule has 0 saturated heterocycles. The molecule has 1 N–H and O–H groups in total. The van der Waals surface area contributed by atoms with E-state index in [1.165, 1.54) is 5.57 Å². The monoisotopic (exact) mass is 754 g/mol. The first-order chi connectivity index (χ1) is 26.9. The van der Waals surface area contributed by atoms with Crippen molar-refractivity contribution >= 4 is 51.2 Å². The van der Waals surface area contributed by atoms with Crippen LogP contribution in [0.15, 0.2) is 84.4 Å². The molecule has 1 amide bonds. The van der Waals surface area contributed by atoms with Gasteiger partial charge in [0.2, 0.25) is 5.91 Å². The van der Waals surface area contributed by atoms with E-state index in [9.17, 15) is 24.0 Å². The van der Waals surface area contributed by atoms with Crippen molar-refractivity contribution in [2.24, 2.45) is 34.5 Å². The van der Waals surface area contributed by atoms with E-state index >= 15 is 0 Å². The number of aromatic nitrogens is 1. The summed E-state index contributed by atoms with van der Waals surface area (Å²) < 4.78 is 12.2. The van der Waals surface area contributed by atoms with Crippen molar-refractivity contribution in [3.05, 3.63) is 95.6 Å². The fourth-order valence-electron chi connectivity index (χ4n) is 11.2. The standard InChI is InChI=1S/C47H50N2O7/c1-28(50)36-18-19-37-33-17-14-30-26-31(51)22-24-46(30,2)44(33)40(27-47(36,37)3)56-42(53)21-20-41(52)48-25-23-29-12-15-32(16-13-29)55-45(54)43-34-8-4-6-10-38(34)49-39-11-7-5-9-35(39)43/h4-13,15-16,26,33,36-37,40,44H,14,17-25,27H2,1-3H3,(H,48,52)/t33-,36+,37-,40+,44+,46-,47+/m0/s1. The van der Waals surface area contributed by atoms with E-state index in [1.54, 1.807) is 19.1 Å². The molecule has 7 atom stereocenters. The lowest BCUT2D eigenvalue weighted by Crippen LogP contribution is -2.58. The molecule has 1 heterocycles. The van der Waals surface area contributed by atoms with Crippen LogP contribution in [0.2, 0.25) is 0 Å². The molecule has 9 heteroatoms. The molecule has 3 aromatic carbocycles. The number of pyridine rings is 1. The second-order valence-electron chi connectivity index (χ2n) is 17.0. The number of Topliss-reactive ketones (excluding diaryl/α,β-unsaturated/α-hetero) is 1. The number of benzene rings is 3. The first-order valence-electron chi connectivity index (χ1n) is 20.2. The molecule has 0 spiro atoms. The number of fused-ring (bicyclic) bond motifs is 7. The number of nitrogens with zero attached hydrogens (tertiary/aromatic N) is 1. The minimum absolute atomic E-state index is 0.0137. The van der Waals surface area contributed by atoms with Gasteiger partial charge in [0.15, 0.2) is 5.78 Å². The van der Waals surface area contributed by atoms with Crippen LogP contribution in [-0.2, 0) is 30.3 Å². The zero-order valence-electron chi connectivity index (χ0n) is 32.5. The lowest BCUT2D eigenvalue weighted by atomic mass is 9.46. The van der Waals surface area contributed by atoms with Crippen molar-refractivity contribution in [2.75, 3.05) is 6.54 Å². The van der Waals surface area contributed by atoms with E-state index in [-0.39, 0.29) is 59.1 Å². The molecule has 0 aliphatic heterocycles. The second kappa shape index (κ2) is 15.1. The Balaban J connectivity index is 0.857. The van der Waals surface area contributed by atoms with Gasteiger partial charge in [-0.15, -0.1) is 0 Å². The average molecular weight is 755 g/mol. The van der Waals surface area contributed by atoms with Crippen LogP contribution in [0.3, 0.4) is 0 Å². The van der Waals surface area contributed by atoms with E-state index in [0.717, 1.165) is 59.5 Å². The maximum Gasteiger partial charge on any atom is 0.344 e. The maximum atomic E-state index is 13.5. The van der Waals surface area contributed by atoms with Crippen LogP contribution in [0.4, 0.5) is 0 Å². The minimum atomic E-state index is -0.459. The van der Waals surface area contributed by atoms with E-state index in [1.807, 2.05) is 66.7 Å². The van der Waals surface area contributed by atoms with Gasteiger partial charge in [-0.1, -0.05) is 68.0 Å². The Hall–Kier alpha value is -5.18. The van der Waals surface area contributed by atoms with Gasteiger partial charge in [0, 0.05) is 42.0 Å². The number of amides is 1. The number of ketones is 2. The van der Waals surface area contributed by atoms with Gasteiger partial charge in [-0.2, -0.15) is 0 Å². The molecule has 0 bridgehead atoms. The Bertz CT molecular complexity index is 2210. The van der Waals surface area contributed by atoms with Crippen molar-refractivity contribution in [3.63, 3.8) is 0 Å². The summed E-state index contributed by atoms with van der Waals surface area (Å²) >= 11 is 0. The van der Waals surface area contributed by atoms with Crippen LogP contribution < -0.4 is 10.1 Å². The first kappa shape index (κ1) is 37.7. The summed E-state index contributed by atoms with van der Waals surface area (Å²) in [4.78, 5) is 69.8. The second-order valence-corrected chi connectivity index (χ2v) is 17.0. The Labute approximate surface area is 327 Å². The maximum absolute atomic E-state index is 13.5. The molecule has 3 fully saturated rings. The highest BCUT2D eigenvalue weighted by atomic mass is 16.5. The van der Waals surface area contributed by atoms with Gasteiger partial charge in [-0.25, -0.2) is 9.78 Å². The molecule has 0 radical (unpaired) electrons. The zero-order valence-corrected chi connectivity index (χ0v) is 32.5. The normalized spacial score (nSPS) is 28.1. The Morgan fingerprint density at radius 1 is 0.857 bits per heavy atom. The van der Waals surface area contributed by atoms with E-state index in [0.29, 0.717) is 49.0 Å². The molecule has 4 aromatic rings. The number of hydrogen-bond donors (Lipinski definition) is 1. The zero-order chi connectivity index (χ0) is 39.2. The van der Waals surface area contributed by atoms with E-state index in [2.05, 4.69) is 19.2 Å². The van der Waals surface area contributed by atoms with Crippen molar-refractivity contribution in [2.45, 2.75) is 91.1 Å². The van der Waals surface area contributed by atoms with E-state index < -0.39 is 11.9 Å². The lowest BCUT2D eigenvalue weighted by Gasteiger charge is -2.60. The summed E-state index contributed by atoms with van der Waals surface area (Å²) in [6, 6.07) is 22.3. The number of hydrogen-bond acceptors (Lipinski definition) is 8. The van der Waals surface area contributed by atoms with Gasteiger partial charge < -0.3 is 14.8 Å². The fourth-order valence-corrected chi connectivity index (χ4v) is 11.2. The van der Waals surface area contributed by atoms with Crippen LogP contribution in [0.25, 0.3) is 21.8 Å². The fraction of sp³-hybridized carbons (Fsp3) is 0.447. The number of ether oxygens (including phenoxy) is 2. The predicted molar refractivity (Wildman–Crippen MR) is 213 cm³/mol. The topological polar surface area (TPSA) is 129 Å². The Kier molecular flexibility index (Phi) is 10.1. The average Bonchev–Trinajstić information content (AvgIpc) is 3.54. The molecule has 9 nitrogen and oxygen atoms in total. The highest BCUT2D eigenvalue weighted by Crippen LogP contribution is 2.67. The van der Waals surface area contributed by atoms with Crippen molar-refractivity contribution in [1.29, 1.82) is 0 Å². The van der Waals surface area contributed by atoms with E-state index in [4.69, 9.17) is 14.5 Å². The minimum Gasteiger partial charge on any atom is -0.462 e. The Morgan fingerprint density at radius 3 is 2.25 bits per heavy atom. The van der Waals surface area contributed by atoms with Gasteiger partial charge in [0.25, 0.3) is 0 Å². The Morgan fingerprint density at radius 2 is 1.55 bits per heavy atom. The number of para-hydroxylation sites is 2. The number of carbonyl (C=O) groups is 5. The molecular weight excluding hydrogens is 705 g/mol. The molecule has 3 saturated carbocycles. The molecule has 4 aliphatic carbocycles. The number of carbonyl (C=O) groups excluding carboxylic acids is 5. The summed E-state index contributed by atoms with van der Waals surface area (Å²) in [6.07, 6.45) is 7.60. The molecule has 1 aromatic heterocycles. The third-order valence-electron chi connectivity index (χ3n) is 13.9. The third kappa shape index (κ3) is 6.94. The quantitative estimate of drug-likeness (QED) is 0.0973. The van der Waals surface area contributed by atoms with Crippen LogP contribution >= 0.6 is 0 Å². The number of esters is 2. The highest BCUT2D eigenvalue weighted by molar-refractivity contribution is 6.14. The van der Waals surface area contributed by atoms with Crippen molar-refractivity contribution in [3.8, 4) is 5.75 Å². The number of rotatable bonds is 10. The van der Waals surface area contributed by atoms with Crippen molar-refractivity contribution < 1.29 is 33.4 Å². The van der Waals surface area contributed by atoms with Gasteiger partial charge >= 0.3 is 11.9 Å². The van der Waals surface area contributed by atoms with Crippen LogP contribution in [0, 0.1) is 34.5 Å². The summed E-state index contributed by atoms with van der Waals surface area (Å²) in [5, 5.41) is 4.38.